The van der Waals surface area contributed by atoms with Crippen molar-refractivity contribution in [1.29, 1.82) is 0 Å². The van der Waals surface area contributed by atoms with Crippen molar-refractivity contribution in [1.82, 2.24) is 14.8 Å². The van der Waals surface area contributed by atoms with Crippen molar-refractivity contribution in [3.05, 3.63) is 12.7 Å². The maximum absolute atomic E-state index is 5.03. The molecule has 56 valence electrons. The van der Waals surface area contributed by atoms with Gasteiger partial charge >= 0.3 is 0 Å². The molecule has 1 atom stereocenters. The number of aromatic nitrogens is 3. The second-order valence-electron chi connectivity index (χ2n) is 2.16. The molecule has 0 bridgehead atoms. The van der Waals surface area contributed by atoms with Gasteiger partial charge < -0.3 is 4.74 Å². The standard InChI is InChI=1S/C6H11N3O/c1-6(10-2)3-9-5-7-4-8-9/h4-6H,3H2,1-2H3. The second kappa shape index (κ2) is 3.31. The Morgan fingerprint density at radius 1 is 1.70 bits per heavy atom. The Kier molecular flexibility index (Phi) is 2.39. The SMILES string of the molecule is COC(C)Cn1cncn1. The molecule has 10 heavy (non-hydrogen) atoms. The van der Waals surface area contributed by atoms with Crippen molar-refractivity contribution in [3.63, 3.8) is 0 Å². The smallest absolute Gasteiger partial charge is 0.137 e. The van der Waals surface area contributed by atoms with E-state index in [1.165, 1.54) is 6.33 Å². The van der Waals surface area contributed by atoms with E-state index in [0.29, 0.717) is 0 Å². The Morgan fingerprint density at radius 2 is 2.50 bits per heavy atom. The van der Waals surface area contributed by atoms with E-state index < -0.39 is 0 Å². The number of rotatable bonds is 3. The fraction of sp³-hybridized carbons (Fsp3) is 0.667. The quantitative estimate of drug-likeness (QED) is 0.608. The lowest BCUT2D eigenvalue weighted by molar-refractivity contribution is 0.0997. The molecule has 1 aromatic heterocycles. The summed E-state index contributed by atoms with van der Waals surface area (Å²) in [6.45, 7) is 2.75. The highest BCUT2D eigenvalue weighted by Crippen LogP contribution is 1.91. The van der Waals surface area contributed by atoms with Gasteiger partial charge in [-0.1, -0.05) is 0 Å². The van der Waals surface area contributed by atoms with Crippen LogP contribution < -0.4 is 0 Å². The molecule has 1 rings (SSSR count). The molecule has 1 aromatic rings. The predicted octanol–water partition coefficient (Wildman–Crippen LogP) is 0.313. The van der Waals surface area contributed by atoms with Gasteiger partial charge in [-0.15, -0.1) is 0 Å². The van der Waals surface area contributed by atoms with Gasteiger partial charge in [-0.3, -0.25) is 4.68 Å². The van der Waals surface area contributed by atoms with Crippen LogP contribution in [0.5, 0.6) is 0 Å². The average Bonchev–Trinajstić information content (AvgIpc) is 2.40. The number of hydrogen-bond donors (Lipinski definition) is 0. The Hall–Kier alpha value is -0.900. The molecule has 0 saturated heterocycles. The van der Waals surface area contributed by atoms with Crippen LogP contribution in [-0.4, -0.2) is 28.0 Å². The molecule has 0 saturated carbocycles. The molecular weight excluding hydrogens is 130 g/mol. The lowest BCUT2D eigenvalue weighted by atomic mass is 10.4. The van der Waals surface area contributed by atoms with E-state index in [-0.39, 0.29) is 6.10 Å². The van der Waals surface area contributed by atoms with Crippen LogP contribution in [0.15, 0.2) is 12.7 Å². The van der Waals surface area contributed by atoms with Crippen molar-refractivity contribution >= 4 is 0 Å². The third-order valence-electron chi connectivity index (χ3n) is 1.31. The zero-order valence-corrected chi connectivity index (χ0v) is 6.19. The zero-order valence-electron chi connectivity index (χ0n) is 6.19. The van der Waals surface area contributed by atoms with E-state index in [9.17, 15) is 0 Å². The summed E-state index contributed by atoms with van der Waals surface area (Å²) < 4.78 is 6.78. The average molecular weight is 141 g/mol. The van der Waals surface area contributed by atoms with Crippen molar-refractivity contribution in [2.45, 2.75) is 19.6 Å². The first kappa shape index (κ1) is 7.21. The Labute approximate surface area is 59.8 Å². The number of hydrogen-bond acceptors (Lipinski definition) is 3. The Balaban J connectivity index is 2.40. The summed E-state index contributed by atoms with van der Waals surface area (Å²) in [4.78, 5) is 3.81. The Morgan fingerprint density at radius 3 is 3.00 bits per heavy atom. The summed E-state index contributed by atoms with van der Waals surface area (Å²) in [5, 5.41) is 3.93. The van der Waals surface area contributed by atoms with Gasteiger partial charge in [0.1, 0.15) is 12.7 Å². The first-order chi connectivity index (χ1) is 4.83. The second-order valence-corrected chi connectivity index (χ2v) is 2.16. The van der Waals surface area contributed by atoms with Gasteiger partial charge in [0.15, 0.2) is 0 Å². The van der Waals surface area contributed by atoms with Gasteiger partial charge in [-0.25, -0.2) is 4.98 Å². The van der Waals surface area contributed by atoms with Gasteiger partial charge in [-0.2, -0.15) is 5.10 Å². The van der Waals surface area contributed by atoms with Gasteiger partial charge in [0.2, 0.25) is 0 Å². The molecule has 0 fully saturated rings. The van der Waals surface area contributed by atoms with Gasteiger partial charge in [0.05, 0.1) is 12.6 Å². The molecule has 0 radical (unpaired) electrons. The molecule has 0 N–H and O–H groups in total. The van der Waals surface area contributed by atoms with Crippen molar-refractivity contribution in [2.75, 3.05) is 7.11 Å². The molecule has 0 amide bonds. The molecule has 0 aliphatic heterocycles. The van der Waals surface area contributed by atoms with Crippen LogP contribution in [0.2, 0.25) is 0 Å². The van der Waals surface area contributed by atoms with Crippen LogP contribution in [0, 0.1) is 0 Å². The highest BCUT2D eigenvalue weighted by Gasteiger charge is 1.99. The number of methoxy groups -OCH3 is 1. The third kappa shape index (κ3) is 1.80. The summed E-state index contributed by atoms with van der Waals surface area (Å²) in [6.07, 6.45) is 3.39. The summed E-state index contributed by atoms with van der Waals surface area (Å²) >= 11 is 0. The molecule has 1 unspecified atom stereocenters. The number of ether oxygens (including phenoxy) is 1. The monoisotopic (exact) mass is 141 g/mol. The fourth-order valence-electron chi connectivity index (χ4n) is 0.665. The lowest BCUT2D eigenvalue weighted by Crippen LogP contribution is -2.14. The molecule has 1 heterocycles. The van der Waals surface area contributed by atoms with E-state index in [2.05, 4.69) is 10.1 Å². The number of nitrogens with zero attached hydrogens (tertiary/aromatic N) is 3. The highest BCUT2D eigenvalue weighted by atomic mass is 16.5. The largest absolute Gasteiger partial charge is 0.380 e. The van der Waals surface area contributed by atoms with Crippen LogP contribution in [0.25, 0.3) is 0 Å². The molecule has 4 nitrogen and oxygen atoms in total. The van der Waals surface area contributed by atoms with Crippen molar-refractivity contribution < 1.29 is 4.74 Å². The van der Waals surface area contributed by atoms with Gasteiger partial charge in [0.25, 0.3) is 0 Å². The summed E-state index contributed by atoms with van der Waals surface area (Å²) in [5.41, 5.74) is 0. The van der Waals surface area contributed by atoms with Crippen LogP contribution in [0.3, 0.4) is 0 Å². The minimum absolute atomic E-state index is 0.196. The first-order valence-corrected chi connectivity index (χ1v) is 3.18. The maximum Gasteiger partial charge on any atom is 0.137 e. The lowest BCUT2D eigenvalue weighted by Gasteiger charge is -2.07. The van der Waals surface area contributed by atoms with Crippen molar-refractivity contribution in [2.24, 2.45) is 0 Å². The first-order valence-electron chi connectivity index (χ1n) is 3.18. The van der Waals surface area contributed by atoms with Crippen LogP contribution in [0.1, 0.15) is 6.92 Å². The van der Waals surface area contributed by atoms with E-state index in [0.717, 1.165) is 6.54 Å². The fourth-order valence-corrected chi connectivity index (χ4v) is 0.665. The van der Waals surface area contributed by atoms with Crippen LogP contribution >= 0.6 is 0 Å². The van der Waals surface area contributed by atoms with Crippen molar-refractivity contribution in [3.8, 4) is 0 Å². The van der Waals surface area contributed by atoms with Crippen LogP contribution in [-0.2, 0) is 11.3 Å². The summed E-state index contributed by atoms with van der Waals surface area (Å²) in [7, 11) is 1.68. The predicted molar refractivity (Wildman–Crippen MR) is 36.5 cm³/mol. The zero-order chi connectivity index (χ0) is 7.40. The van der Waals surface area contributed by atoms with E-state index >= 15 is 0 Å². The summed E-state index contributed by atoms with van der Waals surface area (Å²) in [5.74, 6) is 0. The highest BCUT2D eigenvalue weighted by molar-refractivity contribution is 4.58. The normalized spacial score (nSPS) is 13.4. The molecule has 0 aromatic carbocycles. The molecule has 0 spiro atoms. The minimum atomic E-state index is 0.196. The topological polar surface area (TPSA) is 39.9 Å². The molecular formula is C6H11N3O. The van der Waals surface area contributed by atoms with Crippen LogP contribution in [0.4, 0.5) is 0 Å². The van der Waals surface area contributed by atoms with E-state index in [1.54, 1.807) is 18.1 Å². The van der Waals surface area contributed by atoms with E-state index in [4.69, 9.17) is 4.74 Å². The minimum Gasteiger partial charge on any atom is -0.380 e. The Bertz CT molecular complexity index is 173. The maximum atomic E-state index is 5.03. The molecule has 4 heteroatoms. The van der Waals surface area contributed by atoms with Gasteiger partial charge in [0, 0.05) is 7.11 Å². The summed E-state index contributed by atoms with van der Waals surface area (Å²) in [6, 6.07) is 0. The van der Waals surface area contributed by atoms with E-state index in [1.807, 2.05) is 6.92 Å². The van der Waals surface area contributed by atoms with Gasteiger partial charge in [-0.05, 0) is 6.92 Å². The third-order valence-corrected chi connectivity index (χ3v) is 1.31. The molecule has 0 aliphatic carbocycles. The molecule has 0 aliphatic rings.